The summed E-state index contributed by atoms with van der Waals surface area (Å²) in [5.41, 5.74) is 5.11. The van der Waals surface area contributed by atoms with E-state index in [4.69, 9.17) is 4.42 Å². The quantitative estimate of drug-likeness (QED) is 0.691. The molecule has 0 saturated heterocycles. The van der Waals surface area contributed by atoms with Crippen LogP contribution in [0.25, 0.3) is 22.4 Å². The van der Waals surface area contributed by atoms with Gasteiger partial charge in [0.05, 0.1) is 11.9 Å². The average molecular weight is 326 g/mol. The first-order valence-electron chi connectivity index (χ1n) is 8.70. The van der Waals surface area contributed by atoms with Gasteiger partial charge in [0.15, 0.2) is 11.5 Å². The monoisotopic (exact) mass is 326 g/mol. The molecule has 24 heavy (non-hydrogen) atoms. The lowest BCUT2D eigenvalue weighted by atomic mass is 10.1. The second-order valence-electron chi connectivity index (χ2n) is 6.75. The summed E-state index contributed by atoms with van der Waals surface area (Å²) in [5, 5.41) is 7.39. The van der Waals surface area contributed by atoms with Gasteiger partial charge in [-0.3, -0.25) is 5.10 Å². The Bertz CT molecular complexity index is 803. The van der Waals surface area contributed by atoms with Crippen molar-refractivity contribution in [1.82, 2.24) is 20.1 Å². The number of rotatable bonds is 7. The third-order valence-electron chi connectivity index (χ3n) is 4.24. The number of unbranched alkanes of at least 4 members (excludes halogenated alkanes) is 1. The number of H-pyrrole nitrogens is 1. The van der Waals surface area contributed by atoms with E-state index < -0.39 is 0 Å². The lowest BCUT2D eigenvalue weighted by Crippen LogP contribution is -2.19. The van der Waals surface area contributed by atoms with E-state index in [1.807, 2.05) is 12.3 Å². The fourth-order valence-corrected chi connectivity index (χ4v) is 2.83. The SMILES string of the molecule is CCCCN(C)Cc1cn[nH]c1-c1ccc2oc(C(C)C)nc2c1. The van der Waals surface area contributed by atoms with E-state index in [1.54, 1.807) is 0 Å². The Balaban J connectivity index is 1.86. The van der Waals surface area contributed by atoms with Crippen molar-refractivity contribution in [3.63, 3.8) is 0 Å². The summed E-state index contributed by atoms with van der Waals surface area (Å²) in [7, 11) is 2.15. The van der Waals surface area contributed by atoms with Crippen LogP contribution in [0, 0.1) is 0 Å². The normalized spacial score (nSPS) is 11.9. The van der Waals surface area contributed by atoms with Crippen molar-refractivity contribution < 1.29 is 4.42 Å². The van der Waals surface area contributed by atoms with Gasteiger partial charge in [0, 0.05) is 23.6 Å². The highest BCUT2D eigenvalue weighted by molar-refractivity contribution is 5.80. The minimum absolute atomic E-state index is 0.288. The summed E-state index contributed by atoms with van der Waals surface area (Å²) in [6.45, 7) is 8.38. The fraction of sp³-hybridized carbons (Fsp3) is 0.474. The molecule has 1 aromatic carbocycles. The van der Waals surface area contributed by atoms with E-state index in [0.717, 1.165) is 41.3 Å². The molecule has 3 aromatic rings. The molecular weight excluding hydrogens is 300 g/mol. The Morgan fingerprint density at radius 2 is 2.12 bits per heavy atom. The van der Waals surface area contributed by atoms with Gasteiger partial charge in [-0.05, 0) is 38.2 Å². The predicted molar refractivity (Wildman–Crippen MR) is 96.9 cm³/mol. The molecule has 5 heteroatoms. The summed E-state index contributed by atoms with van der Waals surface area (Å²) < 4.78 is 5.80. The summed E-state index contributed by atoms with van der Waals surface area (Å²) in [5.74, 6) is 1.07. The zero-order valence-corrected chi connectivity index (χ0v) is 15.0. The molecule has 3 rings (SSSR count). The fourth-order valence-electron chi connectivity index (χ4n) is 2.83. The average Bonchev–Trinajstić information content (AvgIpc) is 3.18. The molecule has 0 saturated carbocycles. The van der Waals surface area contributed by atoms with Gasteiger partial charge in [0.2, 0.25) is 0 Å². The van der Waals surface area contributed by atoms with Crippen molar-refractivity contribution in [2.45, 2.75) is 46.1 Å². The Morgan fingerprint density at radius 1 is 1.29 bits per heavy atom. The minimum atomic E-state index is 0.288. The maximum Gasteiger partial charge on any atom is 0.198 e. The Hall–Kier alpha value is -2.14. The maximum absolute atomic E-state index is 5.80. The molecule has 0 aliphatic heterocycles. The summed E-state index contributed by atoms with van der Waals surface area (Å²) in [4.78, 5) is 6.94. The molecule has 0 radical (unpaired) electrons. The van der Waals surface area contributed by atoms with Crippen LogP contribution in [-0.2, 0) is 6.54 Å². The number of aromatic amines is 1. The number of hydrogen-bond acceptors (Lipinski definition) is 4. The largest absolute Gasteiger partial charge is 0.440 e. The van der Waals surface area contributed by atoms with E-state index >= 15 is 0 Å². The molecule has 0 aliphatic rings. The van der Waals surface area contributed by atoms with Gasteiger partial charge in [-0.25, -0.2) is 4.98 Å². The van der Waals surface area contributed by atoms with Crippen molar-refractivity contribution in [2.24, 2.45) is 0 Å². The number of nitrogens with one attached hydrogen (secondary N) is 1. The van der Waals surface area contributed by atoms with Gasteiger partial charge < -0.3 is 9.32 Å². The van der Waals surface area contributed by atoms with Crippen molar-refractivity contribution >= 4 is 11.1 Å². The van der Waals surface area contributed by atoms with Crippen molar-refractivity contribution in [3.8, 4) is 11.3 Å². The topological polar surface area (TPSA) is 58.0 Å². The number of nitrogens with zero attached hydrogens (tertiary/aromatic N) is 3. The third kappa shape index (κ3) is 3.51. The standard InChI is InChI=1S/C19H26N4O/c1-5-6-9-23(4)12-15-11-20-22-18(15)14-7-8-17-16(10-14)21-19(24-17)13(2)3/h7-8,10-11,13H,5-6,9,12H2,1-4H3,(H,20,22). The molecule has 2 aromatic heterocycles. The van der Waals surface area contributed by atoms with Crippen molar-refractivity contribution in [3.05, 3.63) is 35.9 Å². The smallest absolute Gasteiger partial charge is 0.198 e. The van der Waals surface area contributed by atoms with Crippen molar-refractivity contribution in [1.29, 1.82) is 0 Å². The van der Waals surface area contributed by atoms with Crippen molar-refractivity contribution in [2.75, 3.05) is 13.6 Å². The molecule has 0 atom stereocenters. The molecule has 5 nitrogen and oxygen atoms in total. The van der Waals surface area contributed by atoms with Crippen LogP contribution >= 0.6 is 0 Å². The van der Waals surface area contributed by atoms with Gasteiger partial charge in [0.1, 0.15) is 5.52 Å². The van der Waals surface area contributed by atoms with Crippen LogP contribution in [0.1, 0.15) is 51.0 Å². The number of fused-ring (bicyclic) bond motifs is 1. The van der Waals surface area contributed by atoms with Crippen LogP contribution in [0.3, 0.4) is 0 Å². The van der Waals surface area contributed by atoms with Crippen LogP contribution in [0.5, 0.6) is 0 Å². The van der Waals surface area contributed by atoms with Gasteiger partial charge in [0.25, 0.3) is 0 Å². The highest BCUT2D eigenvalue weighted by Crippen LogP contribution is 2.28. The minimum Gasteiger partial charge on any atom is -0.440 e. The molecule has 0 aliphatic carbocycles. The Labute approximate surface area is 143 Å². The molecular formula is C19H26N4O. The van der Waals surface area contributed by atoms with Gasteiger partial charge in [-0.1, -0.05) is 27.2 Å². The lowest BCUT2D eigenvalue weighted by molar-refractivity contribution is 0.321. The zero-order valence-electron chi connectivity index (χ0n) is 15.0. The van der Waals surface area contributed by atoms with Gasteiger partial charge in [-0.15, -0.1) is 0 Å². The molecule has 128 valence electrons. The van der Waals surface area contributed by atoms with Crippen LogP contribution in [0.2, 0.25) is 0 Å². The molecule has 0 amide bonds. The van der Waals surface area contributed by atoms with Crippen LogP contribution in [0.4, 0.5) is 0 Å². The number of aromatic nitrogens is 3. The third-order valence-corrected chi connectivity index (χ3v) is 4.24. The van der Waals surface area contributed by atoms with Crippen LogP contribution in [-0.4, -0.2) is 33.7 Å². The van der Waals surface area contributed by atoms with Gasteiger partial charge in [-0.2, -0.15) is 5.10 Å². The molecule has 1 N–H and O–H groups in total. The second kappa shape index (κ2) is 7.18. The Kier molecular flexibility index (Phi) is 5.00. The lowest BCUT2D eigenvalue weighted by Gasteiger charge is -2.16. The predicted octanol–water partition coefficient (Wildman–Crippen LogP) is 4.57. The summed E-state index contributed by atoms with van der Waals surface area (Å²) >= 11 is 0. The molecule has 0 unspecified atom stereocenters. The van der Waals surface area contributed by atoms with E-state index in [2.05, 4.69) is 60.0 Å². The Morgan fingerprint density at radius 3 is 2.88 bits per heavy atom. The van der Waals surface area contributed by atoms with E-state index in [0.29, 0.717) is 0 Å². The first-order chi connectivity index (χ1) is 11.6. The number of oxazole rings is 1. The highest BCUT2D eigenvalue weighted by atomic mass is 16.3. The summed E-state index contributed by atoms with van der Waals surface area (Å²) in [6, 6.07) is 6.14. The first kappa shape index (κ1) is 16.7. The summed E-state index contributed by atoms with van der Waals surface area (Å²) in [6.07, 6.45) is 4.35. The highest BCUT2D eigenvalue weighted by Gasteiger charge is 2.13. The zero-order chi connectivity index (χ0) is 17.1. The molecule has 0 spiro atoms. The van der Waals surface area contributed by atoms with E-state index in [-0.39, 0.29) is 5.92 Å². The van der Waals surface area contributed by atoms with Crippen LogP contribution < -0.4 is 0 Å². The molecule has 0 fully saturated rings. The van der Waals surface area contributed by atoms with E-state index in [9.17, 15) is 0 Å². The molecule has 2 heterocycles. The van der Waals surface area contributed by atoms with E-state index in [1.165, 1.54) is 18.4 Å². The maximum atomic E-state index is 5.80. The van der Waals surface area contributed by atoms with Crippen LogP contribution in [0.15, 0.2) is 28.8 Å². The second-order valence-corrected chi connectivity index (χ2v) is 6.75. The molecule has 0 bridgehead atoms. The first-order valence-corrected chi connectivity index (χ1v) is 8.70. The number of benzene rings is 1. The number of hydrogen-bond donors (Lipinski definition) is 1. The van der Waals surface area contributed by atoms with Gasteiger partial charge >= 0.3 is 0 Å².